The molecule has 1 N–H and O–H groups in total. The van der Waals surface area contributed by atoms with E-state index >= 15 is 0 Å². The van der Waals surface area contributed by atoms with E-state index in [1.807, 2.05) is 25.2 Å². The number of nitrogens with one attached hydrogen (secondary N) is 1. The van der Waals surface area contributed by atoms with E-state index in [1.165, 1.54) is 17.8 Å². The molecule has 0 bridgehead atoms. The minimum atomic E-state index is -0.217. The SMILES string of the molecule is CNCc1cccc(F)c1Sc1ncccc1Br. The topological polar surface area (TPSA) is 24.9 Å². The third-order valence-corrected chi connectivity index (χ3v) is 4.42. The molecule has 1 aromatic heterocycles. The fraction of sp³-hybridized carbons (Fsp3) is 0.154. The molecule has 2 rings (SSSR count). The average Bonchev–Trinajstić information content (AvgIpc) is 2.36. The Morgan fingerprint density at radius 3 is 2.89 bits per heavy atom. The van der Waals surface area contributed by atoms with Crippen LogP contribution in [0.15, 0.2) is 50.9 Å². The zero-order valence-electron chi connectivity index (χ0n) is 9.78. The normalized spacial score (nSPS) is 10.6. The van der Waals surface area contributed by atoms with E-state index in [0.29, 0.717) is 11.4 Å². The van der Waals surface area contributed by atoms with E-state index in [0.717, 1.165) is 15.1 Å². The van der Waals surface area contributed by atoms with E-state index in [-0.39, 0.29) is 5.82 Å². The average molecular weight is 327 g/mol. The first kappa shape index (κ1) is 13.5. The molecule has 0 amide bonds. The predicted octanol–water partition coefficient (Wildman–Crippen LogP) is 3.85. The largest absolute Gasteiger partial charge is 0.316 e. The first-order valence-corrected chi connectivity index (χ1v) is 7.03. The summed E-state index contributed by atoms with van der Waals surface area (Å²) in [6, 6.07) is 8.84. The molecule has 0 atom stereocenters. The standard InChI is InChI=1S/C13H12BrFN2S/c1-16-8-9-4-2-6-11(15)12(9)18-13-10(14)5-3-7-17-13/h2-7,16H,8H2,1H3. The van der Waals surface area contributed by atoms with Crippen LogP contribution in [0, 0.1) is 5.82 Å². The molecule has 0 unspecified atom stereocenters. The maximum atomic E-state index is 13.9. The van der Waals surface area contributed by atoms with Gasteiger partial charge in [0.2, 0.25) is 0 Å². The highest BCUT2D eigenvalue weighted by Crippen LogP contribution is 2.35. The molecule has 2 aromatic rings. The van der Waals surface area contributed by atoms with Crippen LogP contribution in [0.1, 0.15) is 5.56 Å². The minimum Gasteiger partial charge on any atom is -0.316 e. The van der Waals surface area contributed by atoms with Crippen molar-refractivity contribution >= 4 is 27.7 Å². The molecule has 0 aliphatic heterocycles. The van der Waals surface area contributed by atoms with Gasteiger partial charge in [0.25, 0.3) is 0 Å². The molecule has 0 spiro atoms. The van der Waals surface area contributed by atoms with E-state index in [1.54, 1.807) is 12.3 Å². The second-order valence-electron chi connectivity index (χ2n) is 3.65. The Hall–Kier alpha value is -0.910. The summed E-state index contributed by atoms with van der Waals surface area (Å²) in [5.74, 6) is -0.217. The number of rotatable bonds is 4. The van der Waals surface area contributed by atoms with Crippen molar-refractivity contribution in [2.75, 3.05) is 7.05 Å². The number of hydrogen-bond donors (Lipinski definition) is 1. The Morgan fingerprint density at radius 2 is 2.17 bits per heavy atom. The van der Waals surface area contributed by atoms with Gasteiger partial charge in [0.1, 0.15) is 10.8 Å². The maximum absolute atomic E-state index is 13.9. The first-order chi connectivity index (χ1) is 8.72. The summed E-state index contributed by atoms with van der Waals surface area (Å²) in [6.07, 6.45) is 1.70. The second-order valence-corrected chi connectivity index (χ2v) is 5.50. The summed E-state index contributed by atoms with van der Waals surface area (Å²) in [6.45, 7) is 0.630. The number of pyridine rings is 1. The maximum Gasteiger partial charge on any atom is 0.137 e. The van der Waals surface area contributed by atoms with Crippen LogP contribution in [0.4, 0.5) is 4.39 Å². The fourth-order valence-corrected chi connectivity index (χ4v) is 2.95. The van der Waals surface area contributed by atoms with Gasteiger partial charge in [0.05, 0.1) is 9.37 Å². The predicted molar refractivity (Wildman–Crippen MR) is 75.2 cm³/mol. The van der Waals surface area contributed by atoms with Crippen LogP contribution >= 0.6 is 27.7 Å². The van der Waals surface area contributed by atoms with Gasteiger partial charge < -0.3 is 5.32 Å². The van der Waals surface area contributed by atoms with Crippen molar-refractivity contribution in [3.63, 3.8) is 0 Å². The van der Waals surface area contributed by atoms with Gasteiger partial charge >= 0.3 is 0 Å². The van der Waals surface area contributed by atoms with Crippen molar-refractivity contribution < 1.29 is 4.39 Å². The summed E-state index contributed by atoms with van der Waals surface area (Å²) in [7, 11) is 1.84. The van der Waals surface area contributed by atoms with Crippen molar-refractivity contribution in [3.8, 4) is 0 Å². The highest BCUT2D eigenvalue weighted by atomic mass is 79.9. The smallest absolute Gasteiger partial charge is 0.137 e. The summed E-state index contributed by atoms with van der Waals surface area (Å²) >= 11 is 4.75. The molecule has 2 nitrogen and oxygen atoms in total. The van der Waals surface area contributed by atoms with E-state index < -0.39 is 0 Å². The molecule has 0 aliphatic carbocycles. The van der Waals surface area contributed by atoms with Crippen LogP contribution < -0.4 is 5.32 Å². The Labute approximate surface area is 118 Å². The molecule has 18 heavy (non-hydrogen) atoms. The lowest BCUT2D eigenvalue weighted by atomic mass is 10.2. The zero-order valence-corrected chi connectivity index (χ0v) is 12.2. The summed E-state index contributed by atoms with van der Waals surface area (Å²) in [5, 5.41) is 3.80. The summed E-state index contributed by atoms with van der Waals surface area (Å²) in [4.78, 5) is 4.86. The molecule has 0 fully saturated rings. The van der Waals surface area contributed by atoms with Gasteiger partial charge in [-0.25, -0.2) is 9.37 Å². The first-order valence-electron chi connectivity index (χ1n) is 5.42. The highest BCUT2D eigenvalue weighted by Gasteiger charge is 2.12. The molecule has 0 radical (unpaired) electrons. The number of nitrogens with zero attached hydrogens (tertiary/aromatic N) is 1. The van der Waals surface area contributed by atoms with Gasteiger partial charge in [-0.05, 0) is 46.7 Å². The molecule has 0 aliphatic rings. The van der Waals surface area contributed by atoms with Crippen LogP contribution in [-0.2, 0) is 6.54 Å². The monoisotopic (exact) mass is 326 g/mol. The van der Waals surface area contributed by atoms with E-state index in [2.05, 4.69) is 26.2 Å². The number of hydrogen-bond acceptors (Lipinski definition) is 3. The number of halogens is 2. The van der Waals surface area contributed by atoms with Gasteiger partial charge in [0.15, 0.2) is 0 Å². The van der Waals surface area contributed by atoms with Gasteiger partial charge in [-0.3, -0.25) is 0 Å². The Bertz CT molecular complexity index is 548. The van der Waals surface area contributed by atoms with Crippen LogP contribution in [0.2, 0.25) is 0 Å². The van der Waals surface area contributed by atoms with Crippen molar-refractivity contribution in [1.82, 2.24) is 10.3 Å². The Morgan fingerprint density at radius 1 is 1.33 bits per heavy atom. The van der Waals surface area contributed by atoms with Crippen molar-refractivity contribution in [3.05, 3.63) is 52.4 Å². The van der Waals surface area contributed by atoms with E-state index in [9.17, 15) is 4.39 Å². The Balaban J connectivity index is 2.36. The van der Waals surface area contributed by atoms with Crippen molar-refractivity contribution in [2.24, 2.45) is 0 Å². The molecular formula is C13H12BrFN2S. The lowest BCUT2D eigenvalue weighted by Crippen LogP contribution is -2.07. The lowest BCUT2D eigenvalue weighted by Gasteiger charge is -2.10. The third-order valence-electron chi connectivity index (χ3n) is 2.34. The molecule has 1 heterocycles. The van der Waals surface area contributed by atoms with Gasteiger partial charge in [-0.2, -0.15) is 0 Å². The summed E-state index contributed by atoms with van der Waals surface area (Å²) in [5.41, 5.74) is 0.931. The lowest BCUT2D eigenvalue weighted by molar-refractivity contribution is 0.594. The summed E-state index contributed by atoms with van der Waals surface area (Å²) < 4.78 is 14.8. The third kappa shape index (κ3) is 3.10. The quantitative estimate of drug-likeness (QED) is 0.923. The highest BCUT2D eigenvalue weighted by molar-refractivity contribution is 9.10. The van der Waals surface area contributed by atoms with Crippen molar-refractivity contribution in [1.29, 1.82) is 0 Å². The van der Waals surface area contributed by atoms with Crippen molar-refractivity contribution in [2.45, 2.75) is 16.5 Å². The van der Waals surface area contributed by atoms with Gasteiger partial charge in [0, 0.05) is 12.7 Å². The van der Waals surface area contributed by atoms with E-state index in [4.69, 9.17) is 0 Å². The van der Waals surface area contributed by atoms with Gasteiger partial charge in [-0.15, -0.1) is 0 Å². The second kappa shape index (κ2) is 6.31. The molecule has 94 valence electrons. The fourth-order valence-electron chi connectivity index (χ4n) is 1.54. The molecule has 0 saturated carbocycles. The molecule has 1 aromatic carbocycles. The molecular weight excluding hydrogens is 315 g/mol. The zero-order chi connectivity index (χ0) is 13.0. The Kier molecular flexibility index (Phi) is 4.74. The van der Waals surface area contributed by atoms with Gasteiger partial charge in [-0.1, -0.05) is 23.9 Å². The van der Waals surface area contributed by atoms with Crippen LogP contribution in [0.5, 0.6) is 0 Å². The number of benzene rings is 1. The molecule has 5 heteroatoms. The minimum absolute atomic E-state index is 0.217. The number of aromatic nitrogens is 1. The van der Waals surface area contributed by atoms with Crippen LogP contribution in [0.25, 0.3) is 0 Å². The van der Waals surface area contributed by atoms with Crippen LogP contribution in [-0.4, -0.2) is 12.0 Å². The molecule has 0 saturated heterocycles. The van der Waals surface area contributed by atoms with Crippen LogP contribution in [0.3, 0.4) is 0 Å².